The molecule has 2 aromatic rings. The van der Waals surface area contributed by atoms with Crippen molar-refractivity contribution < 1.29 is 18.3 Å². The lowest BCUT2D eigenvalue weighted by Crippen LogP contribution is -2.46. The lowest BCUT2D eigenvalue weighted by Gasteiger charge is -2.35. The van der Waals surface area contributed by atoms with Crippen LogP contribution in [0.3, 0.4) is 0 Å². The van der Waals surface area contributed by atoms with E-state index in [0.717, 1.165) is 24.9 Å². The van der Waals surface area contributed by atoms with E-state index in [4.69, 9.17) is 9.47 Å². The molecule has 0 aliphatic carbocycles. The minimum absolute atomic E-state index is 0. The van der Waals surface area contributed by atoms with Gasteiger partial charge >= 0.3 is 0 Å². The third kappa shape index (κ3) is 7.79. The van der Waals surface area contributed by atoms with E-state index in [-0.39, 0.29) is 35.9 Å². The summed E-state index contributed by atoms with van der Waals surface area (Å²) in [6, 6.07) is 11.9. The maximum atomic E-state index is 14.1. The molecule has 0 spiro atoms. The molecule has 33 heavy (non-hydrogen) atoms. The highest BCUT2D eigenvalue weighted by Gasteiger charge is 2.23. The van der Waals surface area contributed by atoms with Crippen LogP contribution in [0.25, 0.3) is 0 Å². The summed E-state index contributed by atoms with van der Waals surface area (Å²) in [7, 11) is 3.36. The summed E-state index contributed by atoms with van der Waals surface area (Å²) in [6.45, 7) is 6.13. The number of guanidine groups is 1. The second kappa shape index (κ2) is 13.7. The summed E-state index contributed by atoms with van der Waals surface area (Å²) < 4.78 is 38.1. The van der Waals surface area contributed by atoms with Gasteiger partial charge in [0.05, 0.1) is 26.4 Å². The molecule has 1 aliphatic rings. The van der Waals surface area contributed by atoms with Crippen molar-refractivity contribution in [3.63, 3.8) is 0 Å². The Morgan fingerprint density at radius 1 is 1.09 bits per heavy atom. The zero-order chi connectivity index (χ0) is 22.9. The van der Waals surface area contributed by atoms with E-state index < -0.39 is 11.6 Å². The van der Waals surface area contributed by atoms with Crippen LogP contribution in [0.4, 0.5) is 8.78 Å². The Balaban J connectivity index is 0.00000385. The summed E-state index contributed by atoms with van der Waals surface area (Å²) in [6.07, 6.45) is 0. The van der Waals surface area contributed by atoms with Gasteiger partial charge in [-0.3, -0.25) is 9.89 Å². The van der Waals surface area contributed by atoms with Crippen LogP contribution in [0, 0.1) is 11.6 Å². The van der Waals surface area contributed by atoms with Crippen molar-refractivity contribution in [2.75, 3.05) is 53.6 Å². The summed E-state index contributed by atoms with van der Waals surface area (Å²) >= 11 is 0. The largest absolute Gasteiger partial charge is 0.497 e. The highest BCUT2D eigenvalue weighted by Crippen LogP contribution is 2.24. The molecule has 2 atom stereocenters. The van der Waals surface area contributed by atoms with Crippen molar-refractivity contribution in [3.05, 3.63) is 65.2 Å². The first-order chi connectivity index (χ1) is 15.5. The quantitative estimate of drug-likeness (QED) is 0.285. The van der Waals surface area contributed by atoms with Crippen molar-refractivity contribution in [2.24, 2.45) is 4.99 Å². The van der Waals surface area contributed by atoms with E-state index in [9.17, 15) is 8.78 Å². The highest BCUT2D eigenvalue weighted by atomic mass is 127. The van der Waals surface area contributed by atoms with Crippen LogP contribution in [-0.2, 0) is 4.74 Å². The number of benzene rings is 2. The molecule has 182 valence electrons. The summed E-state index contributed by atoms with van der Waals surface area (Å²) in [5.41, 5.74) is 1.65. The monoisotopic (exact) mass is 574 g/mol. The Labute approximate surface area is 211 Å². The first kappa shape index (κ1) is 27.3. The number of halogens is 3. The lowest BCUT2D eigenvalue weighted by atomic mass is 10.0. The minimum atomic E-state index is -0.573. The van der Waals surface area contributed by atoms with Crippen LogP contribution < -0.4 is 15.4 Å². The number of methoxy groups -OCH3 is 1. The van der Waals surface area contributed by atoms with Crippen LogP contribution in [-0.4, -0.2) is 64.4 Å². The highest BCUT2D eigenvalue weighted by molar-refractivity contribution is 14.0. The predicted octanol–water partition coefficient (Wildman–Crippen LogP) is 3.93. The number of hydrogen-bond donors (Lipinski definition) is 2. The second-order valence-electron chi connectivity index (χ2n) is 7.84. The normalized spacial score (nSPS) is 16.5. The van der Waals surface area contributed by atoms with Gasteiger partial charge in [0.15, 0.2) is 5.96 Å². The molecule has 0 aromatic heterocycles. The van der Waals surface area contributed by atoms with Gasteiger partial charge in [-0.25, -0.2) is 8.78 Å². The number of morpholine rings is 1. The van der Waals surface area contributed by atoms with Gasteiger partial charge in [-0.05, 0) is 29.3 Å². The Morgan fingerprint density at radius 2 is 1.76 bits per heavy atom. The zero-order valence-corrected chi connectivity index (χ0v) is 21.6. The Bertz CT molecular complexity index is 893. The zero-order valence-electron chi connectivity index (χ0n) is 19.3. The van der Waals surface area contributed by atoms with Gasteiger partial charge in [-0.15, -0.1) is 24.0 Å². The molecule has 2 aromatic carbocycles. The predicted molar refractivity (Wildman–Crippen MR) is 138 cm³/mol. The molecule has 6 nitrogen and oxygen atoms in total. The molecule has 0 bridgehead atoms. The van der Waals surface area contributed by atoms with E-state index in [1.54, 1.807) is 14.2 Å². The molecule has 3 rings (SSSR count). The molecule has 9 heteroatoms. The third-order valence-corrected chi connectivity index (χ3v) is 5.74. The first-order valence-corrected chi connectivity index (χ1v) is 10.9. The van der Waals surface area contributed by atoms with Crippen LogP contribution in [0.15, 0.2) is 47.5 Å². The van der Waals surface area contributed by atoms with E-state index >= 15 is 0 Å². The first-order valence-electron chi connectivity index (χ1n) is 10.9. The van der Waals surface area contributed by atoms with Crippen molar-refractivity contribution >= 4 is 29.9 Å². The molecule has 2 N–H and O–H groups in total. The van der Waals surface area contributed by atoms with Gasteiger partial charge in [-0.2, -0.15) is 0 Å². The molecular formula is C24H33F2IN4O2. The fourth-order valence-corrected chi connectivity index (χ4v) is 3.85. The number of aliphatic imine (C=N–C) groups is 1. The fourth-order valence-electron chi connectivity index (χ4n) is 3.85. The number of ether oxygens (including phenoxy) is 2. The second-order valence-corrected chi connectivity index (χ2v) is 7.84. The van der Waals surface area contributed by atoms with Crippen molar-refractivity contribution in [3.8, 4) is 5.75 Å². The molecule has 1 saturated heterocycles. The molecule has 0 radical (unpaired) electrons. The fraction of sp³-hybridized carbons (Fsp3) is 0.458. The Kier molecular flexibility index (Phi) is 11.3. The topological polar surface area (TPSA) is 58.1 Å². The van der Waals surface area contributed by atoms with Crippen LogP contribution in [0.2, 0.25) is 0 Å². The average Bonchev–Trinajstić information content (AvgIpc) is 2.82. The van der Waals surface area contributed by atoms with E-state index in [1.807, 2.05) is 19.1 Å². The molecular weight excluding hydrogens is 541 g/mol. The molecule has 1 heterocycles. The molecule has 1 fully saturated rings. The van der Waals surface area contributed by atoms with Gasteiger partial charge in [0.2, 0.25) is 0 Å². The molecule has 0 amide bonds. The maximum absolute atomic E-state index is 14.1. The summed E-state index contributed by atoms with van der Waals surface area (Å²) in [5.74, 6) is 0.199. The van der Waals surface area contributed by atoms with E-state index in [1.165, 1.54) is 17.7 Å². The smallest absolute Gasteiger partial charge is 0.191 e. The van der Waals surface area contributed by atoms with Crippen molar-refractivity contribution in [2.45, 2.75) is 18.9 Å². The van der Waals surface area contributed by atoms with Crippen LogP contribution in [0.5, 0.6) is 5.75 Å². The maximum Gasteiger partial charge on any atom is 0.191 e. The lowest BCUT2D eigenvalue weighted by molar-refractivity contribution is 0.0170. The Morgan fingerprint density at radius 3 is 2.36 bits per heavy atom. The number of rotatable bonds is 8. The van der Waals surface area contributed by atoms with Gasteiger partial charge in [0.1, 0.15) is 17.4 Å². The number of nitrogens with one attached hydrogen (secondary N) is 2. The summed E-state index contributed by atoms with van der Waals surface area (Å²) in [4.78, 5) is 6.70. The van der Waals surface area contributed by atoms with E-state index in [0.29, 0.717) is 37.8 Å². The number of hydrogen-bond acceptors (Lipinski definition) is 4. The van der Waals surface area contributed by atoms with Crippen LogP contribution in [0.1, 0.15) is 30.0 Å². The Hall–Kier alpha value is -1.98. The third-order valence-electron chi connectivity index (χ3n) is 5.74. The van der Waals surface area contributed by atoms with Gasteiger partial charge in [-0.1, -0.05) is 25.1 Å². The molecule has 1 aliphatic heterocycles. The summed E-state index contributed by atoms with van der Waals surface area (Å²) in [5, 5.41) is 6.65. The van der Waals surface area contributed by atoms with Gasteiger partial charge in [0, 0.05) is 45.2 Å². The number of nitrogens with zero attached hydrogens (tertiary/aromatic N) is 2. The average molecular weight is 574 g/mol. The van der Waals surface area contributed by atoms with Crippen molar-refractivity contribution in [1.29, 1.82) is 0 Å². The van der Waals surface area contributed by atoms with E-state index in [2.05, 4.69) is 32.7 Å². The molecule has 2 unspecified atom stereocenters. The van der Waals surface area contributed by atoms with Gasteiger partial charge in [0.25, 0.3) is 0 Å². The van der Waals surface area contributed by atoms with Crippen molar-refractivity contribution in [1.82, 2.24) is 15.5 Å². The minimum Gasteiger partial charge on any atom is -0.497 e. The SMILES string of the molecule is CN=C(NCC(C)c1ccc(F)cc1F)NCC(c1ccc(OC)cc1)N1CCOCC1.I. The standard InChI is InChI=1S/C24H32F2N4O2.HI/c1-17(21-9-6-19(25)14-22(21)26)15-28-24(27-2)29-16-23(30-10-12-32-13-11-30)18-4-7-20(31-3)8-5-18;/h4-9,14,17,23H,10-13,15-16H2,1-3H3,(H2,27,28,29);1H. The van der Waals surface area contributed by atoms with Gasteiger partial charge < -0.3 is 20.1 Å². The molecule has 0 saturated carbocycles. The van der Waals surface area contributed by atoms with Crippen LogP contribution >= 0.6 is 24.0 Å².